The average Bonchev–Trinajstić information content (AvgIpc) is 3.16. The van der Waals surface area contributed by atoms with E-state index in [1.165, 1.54) is 0 Å². The molecule has 0 saturated heterocycles. The highest BCUT2D eigenvalue weighted by atomic mass is 16.4. The third kappa shape index (κ3) is 3.77. The van der Waals surface area contributed by atoms with E-state index in [2.05, 4.69) is 20.8 Å². The van der Waals surface area contributed by atoms with Gasteiger partial charge in [-0.15, -0.1) is 0 Å². The molecule has 0 bridgehead atoms. The number of hydrogen-bond acceptors (Lipinski definition) is 3. The summed E-state index contributed by atoms with van der Waals surface area (Å²) < 4.78 is 1.83. The first-order valence-corrected chi connectivity index (χ1v) is 10.1. The highest BCUT2D eigenvalue weighted by Crippen LogP contribution is 2.43. The Hall–Kier alpha value is -2.92. The summed E-state index contributed by atoms with van der Waals surface area (Å²) in [7, 11) is 0. The van der Waals surface area contributed by atoms with Gasteiger partial charge in [0.1, 0.15) is 5.54 Å². The molecule has 1 heterocycles. The van der Waals surface area contributed by atoms with E-state index in [0.717, 1.165) is 22.5 Å². The highest BCUT2D eigenvalue weighted by molar-refractivity contribution is 5.83. The summed E-state index contributed by atoms with van der Waals surface area (Å²) >= 11 is 0. The molecule has 0 saturated carbocycles. The largest absolute Gasteiger partial charge is 0.480 e. The number of carboxylic acid groups (broad SMARTS) is 1. The van der Waals surface area contributed by atoms with Crippen molar-refractivity contribution in [3.63, 3.8) is 0 Å². The first-order chi connectivity index (χ1) is 13.9. The Morgan fingerprint density at radius 1 is 0.933 bits per heavy atom. The van der Waals surface area contributed by atoms with Crippen molar-refractivity contribution in [2.45, 2.75) is 52.5 Å². The second-order valence-electron chi connectivity index (χ2n) is 9.85. The molecule has 0 aliphatic rings. The summed E-state index contributed by atoms with van der Waals surface area (Å²) in [6.45, 7) is 11.8. The highest BCUT2D eigenvalue weighted by Gasteiger charge is 2.49. The molecule has 5 nitrogen and oxygen atoms in total. The Labute approximate surface area is 178 Å². The number of rotatable bonds is 4. The number of nitrogens with zero attached hydrogens (tertiary/aromatic N) is 2. The van der Waals surface area contributed by atoms with E-state index in [1.807, 2.05) is 86.2 Å². The smallest absolute Gasteiger partial charge is 0.328 e. The minimum atomic E-state index is -1.52. The first-order valence-electron chi connectivity index (χ1n) is 10.1. The van der Waals surface area contributed by atoms with Gasteiger partial charge in [0.25, 0.3) is 0 Å². The molecule has 1 aromatic heterocycles. The van der Waals surface area contributed by atoms with Crippen LogP contribution in [0, 0.1) is 5.41 Å². The number of aromatic nitrogens is 2. The van der Waals surface area contributed by atoms with Gasteiger partial charge >= 0.3 is 5.97 Å². The lowest BCUT2D eigenvalue weighted by atomic mass is 9.66. The van der Waals surface area contributed by atoms with E-state index in [9.17, 15) is 9.90 Å². The van der Waals surface area contributed by atoms with Gasteiger partial charge in [-0.2, -0.15) is 5.10 Å². The van der Waals surface area contributed by atoms with E-state index in [4.69, 9.17) is 10.8 Å². The van der Waals surface area contributed by atoms with Crippen LogP contribution in [0.3, 0.4) is 0 Å². The molecule has 0 radical (unpaired) electrons. The van der Waals surface area contributed by atoms with Crippen molar-refractivity contribution in [2.24, 2.45) is 11.1 Å². The predicted molar refractivity (Wildman–Crippen MR) is 121 cm³/mol. The van der Waals surface area contributed by atoms with Crippen molar-refractivity contribution < 1.29 is 9.90 Å². The number of aliphatic carboxylic acids is 1. The lowest BCUT2D eigenvalue weighted by Gasteiger charge is -2.41. The zero-order chi connectivity index (χ0) is 22.3. The molecule has 0 spiro atoms. The number of benzene rings is 2. The number of hydrogen-bond donors (Lipinski definition) is 2. The van der Waals surface area contributed by atoms with Crippen LogP contribution in [0.2, 0.25) is 0 Å². The summed E-state index contributed by atoms with van der Waals surface area (Å²) in [6, 6.07) is 17.7. The second kappa shape index (κ2) is 7.40. The molecule has 3 aromatic rings. The molecule has 0 fully saturated rings. The van der Waals surface area contributed by atoms with Crippen LogP contribution in [-0.4, -0.2) is 20.9 Å². The Bertz CT molecular complexity index is 1060. The lowest BCUT2D eigenvalue weighted by Crippen LogP contribution is -2.55. The maximum absolute atomic E-state index is 12.3. The van der Waals surface area contributed by atoms with E-state index < -0.39 is 16.9 Å². The Kier molecular flexibility index (Phi) is 5.37. The van der Waals surface area contributed by atoms with Crippen LogP contribution in [0.4, 0.5) is 0 Å². The molecule has 0 amide bonds. The molecular formula is C25H31N3O2. The van der Waals surface area contributed by atoms with E-state index in [-0.39, 0.29) is 5.41 Å². The van der Waals surface area contributed by atoms with Crippen molar-refractivity contribution >= 4 is 5.97 Å². The monoisotopic (exact) mass is 405 g/mol. The molecule has 0 aliphatic carbocycles. The molecule has 0 aliphatic heterocycles. The van der Waals surface area contributed by atoms with Gasteiger partial charge in [0.15, 0.2) is 0 Å². The van der Waals surface area contributed by atoms with Gasteiger partial charge < -0.3 is 10.8 Å². The van der Waals surface area contributed by atoms with Crippen LogP contribution < -0.4 is 5.73 Å². The van der Waals surface area contributed by atoms with Gasteiger partial charge in [-0.05, 0) is 46.2 Å². The lowest BCUT2D eigenvalue weighted by molar-refractivity contribution is -0.148. The normalized spacial score (nSPS) is 14.4. The van der Waals surface area contributed by atoms with Crippen LogP contribution in [0.15, 0.2) is 60.8 Å². The third-order valence-corrected chi connectivity index (χ3v) is 5.68. The molecule has 2 aromatic carbocycles. The fraction of sp³-hybridized carbons (Fsp3) is 0.360. The van der Waals surface area contributed by atoms with Gasteiger partial charge in [0.2, 0.25) is 0 Å². The molecule has 1 atom stereocenters. The van der Waals surface area contributed by atoms with Gasteiger partial charge in [-0.25, -0.2) is 9.48 Å². The molecule has 5 heteroatoms. The van der Waals surface area contributed by atoms with E-state index >= 15 is 0 Å². The van der Waals surface area contributed by atoms with E-state index in [1.54, 1.807) is 0 Å². The SMILES string of the molecule is CC(C)(C)c1cc(-c2ccn(-c3ccccc3)n2)ccc1C(N)(C(=O)O)C(C)(C)C. The van der Waals surface area contributed by atoms with Crippen LogP contribution in [0.1, 0.15) is 52.7 Å². The topological polar surface area (TPSA) is 81.1 Å². The molecule has 3 rings (SSSR count). The van der Waals surface area contributed by atoms with Crippen molar-refractivity contribution in [3.05, 3.63) is 71.9 Å². The predicted octanol–water partition coefficient (Wildman–Crippen LogP) is 5.12. The Balaban J connectivity index is 2.16. The maximum atomic E-state index is 12.3. The van der Waals surface area contributed by atoms with Crippen molar-refractivity contribution in [1.82, 2.24) is 9.78 Å². The molecule has 3 N–H and O–H groups in total. The summed E-state index contributed by atoms with van der Waals surface area (Å²) in [5, 5.41) is 14.8. The fourth-order valence-electron chi connectivity index (χ4n) is 3.71. The second-order valence-corrected chi connectivity index (χ2v) is 9.85. The first kappa shape index (κ1) is 21.8. The third-order valence-electron chi connectivity index (χ3n) is 5.68. The zero-order valence-corrected chi connectivity index (χ0v) is 18.6. The van der Waals surface area contributed by atoms with Crippen molar-refractivity contribution in [1.29, 1.82) is 0 Å². The molecule has 158 valence electrons. The number of carboxylic acids is 1. The number of para-hydroxylation sites is 1. The minimum absolute atomic E-state index is 0.293. The van der Waals surface area contributed by atoms with Gasteiger partial charge in [-0.3, -0.25) is 0 Å². The average molecular weight is 406 g/mol. The van der Waals surface area contributed by atoms with E-state index in [0.29, 0.717) is 5.56 Å². The standard InChI is InChI=1S/C25H31N3O2/c1-23(2,3)20-16-17(12-13-19(20)25(26,22(29)30)24(4,5)6)21-14-15-28(27-21)18-10-8-7-9-11-18/h7-16H,26H2,1-6H3,(H,29,30). The van der Waals surface area contributed by atoms with Crippen molar-refractivity contribution in [2.75, 3.05) is 0 Å². The minimum Gasteiger partial charge on any atom is -0.480 e. The Morgan fingerprint density at radius 2 is 1.57 bits per heavy atom. The Morgan fingerprint density at radius 3 is 2.10 bits per heavy atom. The maximum Gasteiger partial charge on any atom is 0.328 e. The van der Waals surface area contributed by atoms with Crippen LogP contribution >= 0.6 is 0 Å². The van der Waals surface area contributed by atoms with Crippen LogP contribution in [0.25, 0.3) is 16.9 Å². The number of nitrogens with two attached hydrogens (primary N) is 1. The summed E-state index contributed by atoms with van der Waals surface area (Å²) in [5.41, 5.74) is 8.39. The summed E-state index contributed by atoms with van der Waals surface area (Å²) in [4.78, 5) is 12.3. The van der Waals surface area contributed by atoms with Crippen LogP contribution in [0.5, 0.6) is 0 Å². The molecule has 30 heavy (non-hydrogen) atoms. The van der Waals surface area contributed by atoms with Gasteiger partial charge in [0, 0.05) is 11.8 Å². The zero-order valence-electron chi connectivity index (χ0n) is 18.6. The van der Waals surface area contributed by atoms with Gasteiger partial charge in [0.05, 0.1) is 11.4 Å². The summed E-state index contributed by atoms with van der Waals surface area (Å²) in [6.07, 6.45) is 1.93. The summed E-state index contributed by atoms with van der Waals surface area (Å²) in [5.74, 6) is -1.03. The van der Waals surface area contributed by atoms with Gasteiger partial charge in [-0.1, -0.05) is 71.9 Å². The fourth-order valence-corrected chi connectivity index (χ4v) is 3.71. The molecule has 1 unspecified atom stereocenters. The van der Waals surface area contributed by atoms with Crippen molar-refractivity contribution in [3.8, 4) is 16.9 Å². The number of carbonyl (C=O) groups is 1. The van der Waals surface area contributed by atoms with Crippen LogP contribution in [-0.2, 0) is 15.7 Å². The molecular weight excluding hydrogens is 374 g/mol. The quantitative estimate of drug-likeness (QED) is 0.631.